The number of hydrogen-bond donors (Lipinski definition) is 0. The molecule has 0 N–H and O–H groups in total. The van der Waals surface area contributed by atoms with Crippen LogP contribution in [0.3, 0.4) is 0 Å². The number of sulfonamides is 1. The maximum atomic E-state index is 13.5. The third-order valence-electron chi connectivity index (χ3n) is 5.48. The van der Waals surface area contributed by atoms with Crippen LogP contribution in [0.25, 0.3) is 0 Å². The zero-order chi connectivity index (χ0) is 22.2. The third kappa shape index (κ3) is 4.18. The van der Waals surface area contributed by atoms with E-state index in [0.717, 1.165) is 27.5 Å². The first-order valence-electron chi connectivity index (χ1n) is 10.0. The second-order valence-corrected chi connectivity index (χ2v) is 10.0. The second-order valence-electron chi connectivity index (χ2n) is 7.75. The van der Waals surface area contributed by atoms with Gasteiger partial charge in [0.2, 0.25) is 5.91 Å². The first-order chi connectivity index (χ1) is 14.8. The van der Waals surface area contributed by atoms with Gasteiger partial charge in [-0.15, -0.1) is 0 Å². The molecule has 3 aromatic carbocycles. The minimum Gasteiger partial charge on any atom is -0.307 e. The number of carbonyl (C=O) groups is 1. The van der Waals surface area contributed by atoms with Gasteiger partial charge in [0.25, 0.3) is 10.0 Å². The number of halogens is 1. The summed E-state index contributed by atoms with van der Waals surface area (Å²) in [5, 5.41) is 0.491. The maximum Gasteiger partial charge on any atom is 0.264 e. The number of carbonyl (C=O) groups excluding carboxylic acids is 1. The van der Waals surface area contributed by atoms with Crippen LogP contribution in [0.5, 0.6) is 0 Å². The molecule has 31 heavy (non-hydrogen) atoms. The number of benzene rings is 3. The summed E-state index contributed by atoms with van der Waals surface area (Å²) in [6.45, 7) is 3.55. The Kier molecular flexibility index (Phi) is 5.77. The van der Waals surface area contributed by atoms with E-state index in [1.807, 2.05) is 38.1 Å². The van der Waals surface area contributed by atoms with E-state index in [-0.39, 0.29) is 23.4 Å². The second kappa shape index (κ2) is 8.36. The van der Waals surface area contributed by atoms with E-state index in [2.05, 4.69) is 0 Å². The maximum absolute atomic E-state index is 13.5. The van der Waals surface area contributed by atoms with Crippen LogP contribution in [0, 0.1) is 6.92 Å². The van der Waals surface area contributed by atoms with Crippen LogP contribution in [0.2, 0.25) is 5.02 Å². The van der Waals surface area contributed by atoms with Crippen molar-refractivity contribution in [2.75, 3.05) is 15.7 Å². The molecule has 0 aliphatic carbocycles. The lowest BCUT2D eigenvalue weighted by atomic mass is 10.1. The predicted octanol–water partition coefficient (Wildman–Crippen LogP) is 4.82. The molecule has 0 unspecified atom stereocenters. The normalized spacial score (nSPS) is 15.6. The fourth-order valence-electron chi connectivity index (χ4n) is 3.90. The van der Waals surface area contributed by atoms with Crippen molar-refractivity contribution < 1.29 is 13.2 Å². The van der Waals surface area contributed by atoms with E-state index in [0.29, 0.717) is 10.7 Å². The average molecular weight is 455 g/mol. The molecule has 0 radical (unpaired) electrons. The molecule has 0 fully saturated rings. The first kappa shape index (κ1) is 21.4. The van der Waals surface area contributed by atoms with Gasteiger partial charge in [-0.25, -0.2) is 8.42 Å². The van der Waals surface area contributed by atoms with E-state index in [9.17, 15) is 13.2 Å². The Bertz CT molecular complexity index is 1210. The van der Waals surface area contributed by atoms with E-state index >= 15 is 0 Å². The van der Waals surface area contributed by atoms with E-state index in [4.69, 9.17) is 11.6 Å². The molecule has 0 saturated carbocycles. The summed E-state index contributed by atoms with van der Waals surface area (Å²) in [4.78, 5) is 15.2. The summed E-state index contributed by atoms with van der Waals surface area (Å²) in [7, 11) is -3.96. The standard InChI is InChI=1S/C24H23ClN2O3S/c1-17-7-13-22(14-8-17)31(29,30)26(21-11-9-20(25)10-12-21)16-24(28)27-18(2)15-19-5-3-4-6-23(19)27/h3-14,18H,15-16H2,1-2H3/t18-/m0/s1. The number of rotatable bonds is 5. The van der Waals surface area contributed by atoms with Crippen LogP contribution in [0.4, 0.5) is 11.4 Å². The Morgan fingerprint density at radius 3 is 2.35 bits per heavy atom. The number of nitrogens with zero attached hydrogens (tertiary/aromatic N) is 2. The highest BCUT2D eigenvalue weighted by Gasteiger charge is 2.34. The van der Waals surface area contributed by atoms with Gasteiger partial charge in [-0.05, 0) is 68.3 Å². The molecular formula is C24H23ClN2O3S. The zero-order valence-electron chi connectivity index (χ0n) is 17.3. The van der Waals surface area contributed by atoms with Crippen molar-refractivity contribution in [1.29, 1.82) is 0 Å². The van der Waals surface area contributed by atoms with Crippen molar-refractivity contribution in [3.05, 3.63) is 88.9 Å². The zero-order valence-corrected chi connectivity index (χ0v) is 18.9. The van der Waals surface area contributed by atoms with Gasteiger partial charge < -0.3 is 4.90 Å². The van der Waals surface area contributed by atoms with Crippen LogP contribution in [-0.4, -0.2) is 26.9 Å². The van der Waals surface area contributed by atoms with Crippen molar-refractivity contribution in [3.8, 4) is 0 Å². The number of amides is 1. The molecule has 0 spiro atoms. The third-order valence-corrected chi connectivity index (χ3v) is 7.52. The van der Waals surface area contributed by atoms with Gasteiger partial charge in [0, 0.05) is 16.8 Å². The van der Waals surface area contributed by atoms with E-state index in [1.165, 1.54) is 0 Å². The van der Waals surface area contributed by atoms with Crippen molar-refractivity contribution in [3.63, 3.8) is 0 Å². The predicted molar refractivity (Wildman–Crippen MR) is 124 cm³/mol. The minimum atomic E-state index is -3.96. The summed E-state index contributed by atoms with van der Waals surface area (Å²) in [6.07, 6.45) is 0.744. The molecule has 1 heterocycles. The Morgan fingerprint density at radius 2 is 1.68 bits per heavy atom. The molecule has 1 amide bonds. The average Bonchev–Trinajstić information content (AvgIpc) is 3.08. The van der Waals surface area contributed by atoms with Gasteiger partial charge >= 0.3 is 0 Å². The first-order valence-corrected chi connectivity index (χ1v) is 11.8. The lowest BCUT2D eigenvalue weighted by molar-refractivity contribution is -0.117. The quantitative estimate of drug-likeness (QED) is 0.555. The SMILES string of the molecule is Cc1ccc(S(=O)(=O)N(CC(=O)N2c3ccccc3C[C@@H]2C)c2ccc(Cl)cc2)cc1. The molecule has 1 aliphatic rings. The van der Waals surface area contributed by atoms with Gasteiger partial charge in [0.05, 0.1) is 10.6 Å². The summed E-state index contributed by atoms with van der Waals surface area (Å²) < 4.78 is 28.2. The summed E-state index contributed by atoms with van der Waals surface area (Å²) in [5.41, 5.74) is 3.26. The highest BCUT2D eigenvalue weighted by atomic mass is 35.5. The number of anilines is 2. The monoisotopic (exact) mass is 454 g/mol. The van der Waals surface area contributed by atoms with Crippen LogP contribution in [-0.2, 0) is 21.2 Å². The molecule has 0 saturated heterocycles. The Labute approximate surface area is 187 Å². The molecule has 7 heteroatoms. The Morgan fingerprint density at radius 1 is 1.03 bits per heavy atom. The summed E-state index contributed by atoms with van der Waals surface area (Å²) in [6, 6.07) is 20.8. The molecule has 3 aromatic rings. The molecule has 1 atom stereocenters. The smallest absolute Gasteiger partial charge is 0.264 e. The largest absolute Gasteiger partial charge is 0.307 e. The summed E-state index contributed by atoms with van der Waals surface area (Å²) in [5.74, 6) is -0.275. The minimum absolute atomic E-state index is 0.0425. The highest BCUT2D eigenvalue weighted by Crippen LogP contribution is 2.33. The van der Waals surface area contributed by atoms with Crippen molar-refractivity contribution in [2.24, 2.45) is 0 Å². The van der Waals surface area contributed by atoms with Crippen LogP contribution >= 0.6 is 11.6 Å². The van der Waals surface area contributed by atoms with Crippen molar-refractivity contribution in [1.82, 2.24) is 0 Å². The van der Waals surface area contributed by atoms with Gasteiger partial charge in [0.15, 0.2) is 0 Å². The lowest BCUT2D eigenvalue weighted by Gasteiger charge is -2.29. The molecule has 4 rings (SSSR count). The highest BCUT2D eigenvalue weighted by molar-refractivity contribution is 7.92. The molecule has 0 aromatic heterocycles. The van der Waals surface area contributed by atoms with Crippen LogP contribution < -0.4 is 9.21 Å². The molecule has 5 nitrogen and oxygen atoms in total. The van der Waals surface area contributed by atoms with E-state index in [1.54, 1.807) is 53.4 Å². The van der Waals surface area contributed by atoms with Gasteiger partial charge in [-0.1, -0.05) is 47.5 Å². The summed E-state index contributed by atoms with van der Waals surface area (Å²) >= 11 is 6.01. The molecule has 160 valence electrons. The van der Waals surface area contributed by atoms with Gasteiger partial charge in [0.1, 0.15) is 6.54 Å². The molecule has 1 aliphatic heterocycles. The fourth-order valence-corrected chi connectivity index (χ4v) is 5.44. The van der Waals surface area contributed by atoms with E-state index < -0.39 is 10.0 Å². The van der Waals surface area contributed by atoms with Crippen LogP contribution in [0.15, 0.2) is 77.7 Å². The van der Waals surface area contributed by atoms with Crippen LogP contribution in [0.1, 0.15) is 18.1 Å². The fraction of sp³-hybridized carbons (Fsp3) is 0.208. The van der Waals surface area contributed by atoms with Crippen molar-refractivity contribution in [2.45, 2.75) is 31.2 Å². The molecule has 0 bridgehead atoms. The number of hydrogen-bond acceptors (Lipinski definition) is 3. The topological polar surface area (TPSA) is 57.7 Å². The Hall–Kier alpha value is -2.83. The van der Waals surface area contributed by atoms with Crippen molar-refractivity contribution >= 4 is 38.9 Å². The number of aryl methyl sites for hydroxylation is 1. The van der Waals surface area contributed by atoms with Gasteiger partial charge in [-0.3, -0.25) is 9.10 Å². The molecular weight excluding hydrogens is 432 g/mol. The number of fused-ring (bicyclic) bond motifs is 1. The number of para-hydroxylation sites is 1. The Balaban J connectivity index is 1.72. The lowest BCUT2D eigenvalue weighted by Crippen LogP contribution is -2.45. The van der Waals surface area contributed by atoms with Gasteiger partial charge in [-0.2, -0.15) is 0 Å².